The van der Waals surface area contributed by atoms with E-state index in [1.54, 1.807) is 0 Å². The second kappa shape index (κ2) is 14.7. The average molecular weight is 557 g/mol. The maximum Gasteiger partial charge on any atom is 0.339 e. The summed E-state index contributed by atoms with van der Waals surface area (Å²) in [4.78, 5) is 56.9. The van der Waals surface area contributed by atoms with Crippen molar-refractivity contribution in [2.45, 2.75) is 57.8 Å². The summed E-state index contributed by atoms with van der Waals surface area (Å²) in [6.07, 6.45) is 1.55. The number of carbonyl (C=O) groups excluding carboxylic acids is 4. The number of hydrogen-bond acceptors (Lipinski definition) is 9. The van der Waals surface area contributed by atoms with Gasteiger partial charge in [0.15, 0.2) is 6.04 Å². The molecule has 1 saturated heterocycles. The number of aliphatic hydroxyl groups is 1. The number of fused-ring (bicyclic) bond motifs is 1. The third-order valence-corrected chi connectivity index (χ3v) is 7.38. The summed E-state index contributed by atoms with van der Waals surface area (Å²) in [5, 5.41) is 18.5. The first kappa shape index (κ1) is 31.0. The Balaban J connectivity index is 1.82. The van der Waals surface area contributed by atoms with Gasteiger partial charge in [-0.2, -0.15) is 0 Å². The molecule has 1 fully saturated rings. The smallest absolute Gasteiger partial charge is 0.339 e. The quantitative estimate of drug-likeness (QED) is 0.233. The highest BCUT2D eigenvalue weighted by Crippen LogP contribution is 2.21. The van der Waals surface area contributed by atoms with Crippen molar-refractivity contribution in [3.63, 3.8) is 0 Å². The van der Waals surface area contributed by atoms with Gasteiger partial charge in [0.2, 0.25) is 11.8 Å². The lowest BCUT2D eigenvalue weighted by Gasteiger charge is -2.32. The lowest BCUT2D eigenvalue weighted by molar-refractivity contribution is -0.204. The zero-order valence-electron chi connectivity index (χ0n) is 23.6. The topological polar surface area (TPSA) is 138 Å². The molecule has 1 aliphatic heterocycles. The summed E-state index contributed by atoms with van der Waals surface area (Å²) < 4.78 is 4.68. The zero-order valence-corrected chi connectivity index (χ0v) is 23.6. The molecule has 0 aromatic heterocycles. The molecule has 11 heteroatoms. The van der Waals surface area contributed by atoms with Gasteiger partial charge in [-0.1, -0.05) is 62.7 Å². The molecule has 218 valence electrons. The normalized spacial score (nSPS) is 17.4. The maximum absolute atomic E-state index is 13.1. The monoisotopic (exact) mass is 556 g/mol. The molecule has 11 nitrogen and oxygen atoms in total. The molecule has 2 amide bonds. The van der Waals surface area contributed by atoms with Crippen LogP contribution in [0.1, 0.15) is 38.7 Å². The van der Waals surface area contributed by atoms with Crippen molar-refractivity contribution in [3.05, 3.63) is 48.0 Å². The number of ether oxygens (including phenoxy) is 1. The molecule has 0 spiro atoms. The average Bonchev–Trinajstić information content (AvgIpc) is 3.38. The van der Waals surface area contributed by atoms with E-state index in [9.17, 15) is 24.3 Å². The highest BCUT2D eigenvalue weighted by molar-refractivity contribution is 5.91. The molecule has 1 aliphatic rings. The Labute approximate surface area is 234 Å². The molecule has 1 heterocycles. The third-order valence-electron chi connectivity index (χ3n) is 7.38. The van der Waals surface area contributed by atoms with E-state index in [1.165, 1.54) is 14.2 Å². The number of rotatable bonds is 14. The van der Waals surface area contributed by atoms with Gasteiger partial charge in [0.25, 0.3) is 0 Å². The van der Waals surface area contributed by atoms with Gasteiger partial charge in [0.05, 0.1) is 20.3 Å². The van der Waals surface area contributed by atoms with Gasteiger partial charge >= 0.3 is 11.9 Å². The van der Waals surface area contributed by atoms with Gasteiger partial charge in [0, 0.05) is 32.6 Å². The molecular weight excluding hydrogens is 516 g/mol. The summed E-state index contributed by atoms with van der Waals surface area (Å²) in [7, 11) is 2.57. The molecule has 0 saturated carbocycles. The summed E-state index contributed by atoms with van der Waals surface area (Å²) in [5.41, 5.74) is 0.999. The molecule has 40 heavy (non-hydrogen) atoms. The van der Waals surface area contributed by atoms with E-state index in [0.717, 1.165) is 27.8 Å². The standard InChI is InChI=1S/C29H40N4O7/c1-5-19(2)24(31-28(37)23-13-14-26(35)30-23)16-33(15-21-11-8-10-20-9-6-7-12-22(20)21)17-27(36)40-32(3)25(18-34)29(38)39-4/h6-12,19,23-25,34H,5,13-18H2,1-4H3,(H,30,35)(H,31,37)/t19-,23-,24+,25-/m0/s1. The van der Waals surface area contributed by atoms with E-state index in [4.69, 9.17) is 4.84 Å². The SMILES string of the molecule is CC[C@H](C)[C@@H](CN(CC(=O)ON(C)[C@@H](CO)C(=O)OC)Cc1cccc2ccccc12)NC(=O)[C@@H]1CCC(=O)N1. The Kier molecular flexibility index (Phi) is 11.4. The van der Waals surface area contributed by atoms with Gasteiger partial charge in [-0.15, -0.1) is 5.06 Å². The van der Waals surface area contributed by atoms with Crippen LogP contribution in [-0.2, 0) is 35.3 Å². The predicted molar refractivity (Wildman–Crippen MR) is 149 cm³/mol. The van der Waals surface area contributed by atoms with Crippen LogP contribution in [0.2, 0.25) is 0 Å². The summed E-state index contributed by atoms with van der Waals surface area (Å²) in [5.74, 6) is -1.68. The minimum atomic E-state index is -1.16. The number of nitrogens with one attached hydrogen (secondary N) is 2. The molecule has 2 aromatic carbocycles. The lowest BCUT2D eigenvalue weighted by atomic mass is 9.97. The fraction of sp³-hybridized carbons (Fsp3) is 0.517. The molecule has 3 rings (SSSR count). The van der Waals surface area contributed by atoms with Crippen molar-refractivity contribution < 1.29 is 33.9 Å². The molecule has 0 aliphatic carbocycles. The fourth-order valence-corrected chi connectivity index (χ4v) is 4.79. The number of carbonyl (C=O) groups is 4. The van der Waals surface area contributed by atoms with E-state index in [1.807, 2.05) is 61.2 Å². The number of aliphatic hydroxyl groups excluding tert-OH is 1. The maximum atomic E-state index is 13.1. The van der Waals surface area contributed by atoms with E-state index in [0.29, 0.717) is 25.9 Å². The third kappa shape index (κ3) is 8.23. The van der Waals surface area contributed by atoms with Crippen LogP contribution < -0.4 is 10.6 Å². The van der Waals surface area contributed by atoms with Gasteiger partial charge in [0.1, 0.15) is 6.04 Å². The van der Waals surface area contributed by atoms with Crippen LogP contribution in [0.5, 0.6) is 0 Å². The first-order chi connectivity index (χ1) is 19.2. The highest BCUT2D eigenvalue weighted by atomic mass is 16.7. The molecular formula is C29H40N4O7. The molecule has 0 unspecified atom stereocenters. The van der Waals surface area contributed by atoms with Crippen molar-refractivity contribution in [1.82, 2.24) is 20.6 Å². The van der Waals surface area contributed by atoms with Crippen molar-refractivity contribution in [3.8, 4) is 0 Å². The Bertz CT molecular complexity index is 1180. The van der Waals surface area contributed by atoms with E-state index in [-0.39, 0.29) is 30.3 Å². The number of amides is 2. The summed E-state index contributed by atoms with van der Waals surface area (Å²) >= 11 is 0. The van der Waals surface area contributed by atoms with E-state index >= 15 is 0 Å². The molecule has 3 N–H and O–H groups in total. The van der Waals surface area contributed by atoms with E-state index < -0.39 is 30.6 Å². The van der Waals surface area contributed by atoms with Crippen molar-refractivity contribution >= 4 is 34.5 Å². The van der Waals surface area contributed by atoms with Crippen molar-refractivity contribution in [2.75, 3.05) is 33.9 Å². The van der Waals surface area contributed by atoms with Crippen molar-refractivity contribution in [1.29, 1.82) is 0 Å². The number of hydroxylamine groups is 2. The Hall–Kier alpha value is -3.54. The van der Waals surface area contributed by atoms with Crippen LogP contribution in [0.15, 0.2) is 42.5 Å². The van der Waals surface area contributed by atoms with Gasteiger partial charge in [-0.3, -0.25) is 19.3 Å². The van der Waals surface area contributed by atoms with Gasteiger partial charge in [-0.25, -0.2) is 4.79 Å². The number of methoxy groups -OCH3 is 1. The van der Waals surface area contributed by atoms with Crippen LogP contribution in [-0.4, -0.2) is 90.8 Å². The Morgan fingerprint density at radius 3 is 2.55 bits per heavy atom. The fourth-order valence-electron chi connectivity index (χ4n) is 4.79. The van der Waals surface area contributed by atoms with Gasteiger partial charge < -0.3 is 25.3 Å². The molecule has 4 atom stereocenters. The van der Waals surface area contributed by atoms with Crippen LogP contribution in [0.4, 0.5) is 0 Å². The number of esters is 1. The zero-order chi connectivity index (χ0) is 29.2. The molecule has 0 bridgehead atoms. The van der Waals surface area contributed by atoms with Crippen LogP contribution in [0, 0.1) is 5.92 Å². The van der Waals surface area contributed by atoms with Gasteiger partial charge in [-0.05, 0) is 28.7 Å². The summed E-state index contributed by atoms with van der Waals surface area (Å²) in [6.45, 7) is 4.06. The highest BCUT2D eigenvalue weighted by Gasteiger charge is 2.32. The van der Waals surface area contributed by atoms with Crippen LogP contribution in [0.25, 0.3) is 10.8 Å². The second-order valence-electron chi connectivity index (χ2n) is 10.2. The molecule has 2 aromatic rings. The molecule has 0 radical (unpaired) electrons. The van der Waals surface area contributed by atoms with Crippen LogP contribution in [0.3, 0.4) is 0 Å². The Morgan fingerprint density at radius 1 is 1.18 bits per heavy atom. The summed E-state index contributed by atoms with van der Waals surface area (Å²) in [6, 6.07) is 11.9. The predicted octanol–water partition coefficient (Wildman–Crippen LogP) is 1.38. The first-order valence-corrected chi connectivity index (χ1v) is 13.6. The largest absolute Gasteiger partial charge is 0.468 e. The number of benzene rings is 2. The number of likely N-dealkylation sites (N-methyl/N-ethyl adjacent to an activating group) is 1. The van der Waals surface area contributed by atoms with Crippen LogP contribution >= 0.6 is 0 Å². The number of hydrogen-bond donors (Lipinski definition) is 3. The van der Waals surface area contributed by atoms with E-state index in [2.05, 4.69) is 15.4 Å². The second-order valence-corrected chi connectivity index (χ2v) is 10.2. The first-order valence-electron chi connectivity index (χ1n) is 13.6. The van der Waals surface area contributed by atoms with Crippen molar-refractivity contribution in [2.24, 2.45) is 5.92 Å². The minimum Gasteiger partial charge on any atom is -0.468 e. The number of nitrogens with zero attached hydrogens (tertiary/aromatic N) is 2. The lowest BCUT2D eigenvalue weighted by Crippen LogP contribution is -2.53. The minimum absolute atomic E-state index is 0.0767. The Morgan fingerprint density at radius 2 is 1.90 bits per heavy atom.